The second-order valence-electron chi connectivity index (χ2n) is 3.28. The Kier molecular flexibility index (Phi) is 3.81. The number of carboxylic acids is 1. The summed E-state index contributed by atoms with van der Waals surface area (Å²) >= 11 is 0. The fraction of sp³-hybridized carbons (Fsp3) is 0.300. The highest BCUT2D eigenvalue weighted by Gasteiger charge is 2.21. The molecule has 1 atom stereocenters. The van der Waals surface area contributed by atoms with Gasteiger partial charge in [-0.3, -0.25) is 0 Å². The van der Waals surface area contributed by atoms with Crippen LogP contribution in [0.15, 0.2) is 12.1 Å². The molecular formula is C10H12FNO4. The zero-order chi connectivity index (χ0) is 12.3. The number of rotatable bonds is 4. The van der Waals surface area contributed by atoms with E-state index in [4.69, 9.17) is 15.9 Å². The highest BCUT2D eigenvalue weighted by atomic mass is 19.1. The number of carbonyl (C=O) groups is 1. The first-order chi connectivity index (χ1) is 7.49. The molecule has 1 aromatic rings. The maximum absolute atomic E-state index is 13.4. The minimum atomic E-state index is -1.37. The lowest BCUT2D eigenvalue weighted by Gasteiger charge is -2.14. The molecule has 0 aliphatic rings. The first-order valence-corrected chi connectivity index (χ1v) is 4.60. The largest absolute Gasteiger partial charge is 0.507 e. The van der Waals surface area contributed by atoms with Gasteiger partial charge in [0.15, 0.2) is 0 Å². The molecule has 1 aromatic carbocycles. The molecule has 0 saturated heterocycles. The Morgan fingerprint density at radius 3 is 2.62 bits per heavy atom. The number of aliphatic hydroxyl groups excluding tert-OH is 1. The number of carboxylic acid groups (broad SMARTS) is 1. The summed E-state index contributed by atoms with van der Waals surface area (Å²) in [6.45, 7) is -0.280. The lowest BCUT2D eigenvalue weighted by atomic mass is 10.00. The molecule has 0 saturated carbocycles. The van der Waals surface area contributed by atoms with Gasteiger partial charge in [0, 0.05) is 18.2 Å². The lowest BCUT2D eigenvalue weighted by molar-refractivity contribution is 0.0693. The molecule has 0 spiro atoms. The minimum Gasteiger partial charge on any atom is -0.507 e. The van der Waals surface area contributed by atoms with Crippen LogP contribution in [0.4, 0.5) is 4.39 Å². The summed E-state index contributed by atoms with van der Waals surface area (Å²) in [5.74, 6) is -2.84. The Bertz CT molecular complexity index is 408. The number of benzene rings is 1. The first kappa shape index (κ1) is 12.4. The van der Waals surface area contributed by atoms with E-state index in [0.717, 1.165) is 12.1 Å². The molecule has 0 heterocycles. The number of aromatic hydroxyl groups is 1. The van der Waals surface area contributed by atoms with Gasteiger partial charge in [0.25, 0.3) is 0 Å². The van der Waals surface area contributed by atoms with Crippen molar-refractivity contribution < 1.29 is 24.5 Å². The fourth-order valence-electron chi connectivity index (χ4n) is 1.39. The summed E-state index contributed by atoms with van der Waals surface area (Å²) in [7, 11) is 0. The molecule has 0 aliphatic heterocycles. The van der Waals surface area contributed by atoms with Crippen molar-refractivity contribution in [1.29, 1.82) is 0 Å². The predicted molar refractivity (Wildman–Crippen MR) is 53.7 cm³/mol. The Balaban J connectivity index is 3.26. The van der Waals surface area contributed by atoms with E-state index in [9.17, 15) is 14.3 Å². The van der Waals surface area contributed by atoms with Crippen molar-refractivity contribution >= 4 is 5.97 Å². The van der Waals surface area contributed by atoms with Crippen molar-refractivity contribution in [2.75, 3.05) is 6.61 Å². The van der Waals surface area contributed by atoms with Gasteiger partial charge in [0.2, 0.25) is 0 Å². The number of hydrogen-bond acceptors (Lipinski definition) is 4. The molecule has 88 valence electrons. The van der Waals surface area contributed by atoms with E-state index in [1.165, 1.54) is 0 Å². The van der Waals surface area contributed by atoms with Crippen molar-refractivity contribution in [3.8, 4) is 5.75 Å². The molecule has 0 amide bonds. The Morgan fingerprint density at radius 1 is 1.50 bits per heavy atom. The van der Waals surface area contributed by atoms with E-state index < -0.39 is 29.1 Å². The Morgan fingerprint density at radius 2 is 2.12 bits per heavy atom. The van der Waals surface area contributed by atoms with E-state index in [-0.39, 0.29) is 18.6 Å². The molecule has 0 aliphatic carbocycles. The van der Waals surface area contributed by atoms with E-state index in [1.807, 2.05) is 0 Å². The molecule has 0 bridgehead atoms. The van der Waals surface area contributed by atoms with Crippen LogP contribution in [0.1, 0.15) is 28.4 Å². The van der Waals surface area contributed by atoms with Gasteiger partial charge in [-0.25, -0.2) is 9.18 Å². The monoisotopic (exact) mass is 229 g/mol. The zero-order valence-electron chi connectivity index (χ0n) is 8.35. The molecule has 6 heteroatoms. The number of hydrogen-bond donors (Lipinski definition) is 4. The SMILES string of the molecule is N[C@H](CCO)c1c(F)ccc(C(=O)O)c1O. The first-order valence-electron chi connectivity index (χ1n) is 4.60. The number of aromatic carboxylic acids is 1. The topological polar surface area (TPSA) is 104 Å². The number of nitrogens with two attached hydrogens (primary N) is 1. The number of phenols is 1. The standard InChI is InChI=1S/C10H12FNO4/c11-6-2-1-5(10(15)16)9(14)8(6)7(12)3-4-13/h1-2,7,13-14H,3-4,12H2,(H,15,16)/t7-/m1/s1. The highest BCUT2D eigenvalue weighted by molar-refractivity contribution is 5.91. The summed E-state index contributed by atoms with van der Waals surface area (Å²) < 4.78 is 13.4. The summed E-state index contributed by atoms with van der Waals surface area (Å²) in [5, 5.41) is 26.9. The molecule has 5 nitrogen and oxygen atoms in total. The summed E-state index contributed by atoms with van der Waals surface area (Å²) in [5.41, 5.74) is 4.83. The van der Waals surface area contributed by atoms with Crippen LogP contribution in [0.3, 0.4) is 0 Å². The third-order valence-corrected chi connectivity index (χ3v) is 2.21. The van der Waals surface area contributed by atoms with Crippen LogP contribution in [0.5, 0.6) is 5.75 Å². The van der Waals surface area contributed by atoms with Crippen molar-refractivity contribution in [2.24, 2.45) is 5.73 Å². The lowest BCUT2D eigenvalue weighted by Crippen LogP contribution is -2.15. The molecule has 5 N–H and O–H groups in total. The average Bonchev–Trinajstić information content (AvgIpc) is 2.17. The maximum atomic E-state index is 13.4. The second kappa shape index (κ2) is 4.91. The van der Waals surface area contributed by atoms with Crippen LogP contribution in [0.2, 0.25) is 0 Å². The van der Waals surface area contributed by atoms with Crippen LogP contribution in [-0.4, -0.2) is 27.9 Å². The molecule has 1 rings (SSSR count). The van der Waals surface area contributed by atoms with Gasteiger partial charge < -0.3 is 21.1 Å². The fourth-order valence-corrected chi connectivity index (χ4v) is 1.39. The average molecular weight is 229 g/mol. The van der Waals surface area contributed by atoms with Gasteiger partial charge >= 0.3 is 5.97 Å². The van der Waals surface area contributed by atoms with Gasteiger partial charge in [-0.2, -0.15) is 0 Å². The Labute approximate surface area is 90.9 Å². The van der Waals surface area contributed by atoms with Crippen LogP contribution in [0.25, 0.3) is 0 Å². The van der Waals surface area contributed by atoms with Crippen LogP contribution in [-0.2, 0) is 0 Å². The summed E-state index contributed by atoms with van der Waals surface area (Å²) in [6, 6.07) is 0.946. The third kappa shape index (κ3) is 2.29. The van der Waals surface area contributed by atoms with E-state index in [2.05, 4.69) is 0 Å². The quantitative estimate of drug-likeness (QED) is 0.605. The molecule has 16 heavy (non-hydrogen) atoms. The van der Waals surface area contributed by atoms with Crippen LogP contribution >= 0.6 is 0 Å². The molecule has 0 aromatic heterocycles. The third-order valence-electron chi connectivity index (χ3n) is 2.21. The van der Waals surface area contributed by atoms with Gasteiger partial charge in [-0.15, -0.1) is 0 Å². The second-order valence-corrected chi connectivity index (χ2v) is 3.28. The molecule has 0 fully saturated rings. The predicted octanol–water partition coefficient (Wildman–Crippen LogP) is 0.612. The van der Waals surface area contributed by atoms with Crippen molar-refractivity contribution in [1.82, 2.24) is 0 Å². The molecule has 0 radical (unpaired) electrons. The van der Waals surface area contributed by atoms with Crippen LogP contribution in [0, 0.1) is 5.82 Å². The zero-order valence-corrected chi connectivity index (χ0v) is 8.35. The van der Waals surface area contributed by atoms with E-state index in [0.29, 0.717) is 0 Å². The summed E-state index contributed by atoms with van der Waals surface area (Å²) in [6.07, 6.45) is 0.0353. The van der Waals surface area contributed by atoms with E-state index in [1.54, 1.807) is 0 Å². The van der Waals surface area contributed by atoms with Gasteiger partial charge in [0.1, 0.15) is 17.1 Å². The van der Waals surface area contributed by atoms with Gasteiger partial charge in [0.05, 0.1) is 0 Å². The van der Waals surface area contributed by atoms with Crippen molar-refractivity contribution in [2.45, 2.75) is 12.5 Å². The molecule has 0 unspecified atom stereocenters. The highest BCUT2D eigenvalue weighted by Crippen LogP contribution is 2.30. The van der Waals surface area contributed by atoms with Crippen molar-refractivity contribution in [3.05, 3.63) is 29.1 Å². The number of halogens is 1. The smallest absolute Gasteiger partial charge is 0.339 e. The van der Waals surface area contributed by atoms with Gasteiger partial charge in [-0.1, -0.05) is 0 Å². The molecular weight excluding hydrogens is 217 g/mol. The Hall–Kier alpha value is -1.66. The van der Waals surface area contributed by atoms with Crippen LogP contribution < -0.4 is 5.73 Å². The number of aliphatic hydroxyl groups is 1. The van der Waals surface area contributed by atoms with Gasteiger partial charge in [-0.05, 0) is 18.6 Å². The van der Waals surface area contributed by atoms with Crippen molar-refractivity contribution in [3.63, 3.8) is 0 Å². The summed E-state index contributed by atoms with van der Waals surface area (Å²) in [4.78, 5) is 10.7. The van der Waals surface area contributed by atoms with E-state index >= 15 is 0 Å². The normalized spacial score (nSPS) is 12.4. The minimum absolute atomic E-state index is 0.0353. The maximum Gasteiger partial charge on any atom is 0.339 e.